The van der Waals surface area contributed by atoms with Crippen molar-refractivity contribution >= 4 is 46.3 Å². The Bertz CT molecular complexity index is 755. The Balaban J connectivity index is 1.70. The number of halogens is 1. The van der Waals surface area contributed by atoms with Crippen LogP contribution < -0.4 is 5.32 Å². The van der Waals surface area contributed by atoms with Crippen molar-refractivity contribution in [1.29, 1.82) is 0 Å². The van der Waals surface area contributed by atoms with Gasteiger partial charge in [-0.3, -0.25) is 14.4 Å². The highest BCUT2D eigenvalue weighted by Crippen LogP contribution is 2.22. The van der Waals surface area contributed by atoms with E-state index in [9.17, 15) is 14.4 Å². The Hall–Kier alpha value is -2.18. The van der Waals surface area contributed by atoms with Crippen LogP contribution in [0.4, 0.5) is 5.69 Å². The molecule has 0 spiro atoms. The maximum atomic E-state index is 11.9. The van der Waals surface area contributed by atoms with Crippen LogP contribution in [0.3, 0.4) is 0 Å². The first-order valence-electron chi connectivity index (χ1n) is 7.81. The van der Waals surface area contributed by atoms with Gasteiger partial charge in [0.1, 0.15) is 0 Å². The Labute approximate surface area is 154 Å². The van der Waals surface area contributed by atoms with E-state index in [0.717, 1.165) is 6.42 Å². The summed E-state index contributed by atoms with van der Waals surface area (Å²) in [5.41, 5.74) is 1.81. The van der Waals surface area contributed by atoms with E-state index >= 15 is 0 Å². The highest BCUT2D eigenvalue weighted by atomic mass is 35.5. The smallest absolute Gasteiger partial charge is 0.306 e. The van der Waals surface area contributed by atoms with Crippen LogP contribution in [0.1, 0.15) is 35.0 Å². The van der Waals surface area contributed by atoms with Gasteiger partial charge in [0.15, 0.2) is 12.4 Å². The molecule has 132 valence electrons. The minimum absolute atomic E-state index is 0.0236. The summed E-state index contributed by atoms with van der Waals surface area (Å²) in [6, 6.07) is 10.7. The van der Waals surface area contributed by atoms with Gasteiger partial charge in [-0.2, -0.15) is 0 Å². The summed E-state index contributed by atoms with van der Waals surface area (Å²) in [5.74, 6) is -1.18. The molecule has 1 aromatic heterocycles. The summed E-state index contributed by atoms with van der Waals surface area (Å²) >= 11 is 6.93. The first-order valence-corrected chi connectivity index (χ1v) is 9.00. The van der Waals surface area contributed by atoms with E-state index in [0.29, 0.717) is 14.9 Å². The van der Waals surface area contributed by atoms with E-state index in [-0.39, 0.29) is 25.2 Å². The number of ketones is 1. The number of Topliss-reactive ketones (excluding diaryl/α,β-unsaturated/α-hetero) is 1. The van der Waals surface area contributed by atoms with Gasteiger partial charge in [0.25, 0.3) is 5.91 Å². The fraction of sp³-hybridized carbons (Fsp3) is 0.278. The lowest BCUT2D eigenvalue weighted by molar-refractivity contribution is -0.147. The van der Waals surface area contributed by atoms with Gasteiger partial charge in [-0.1, -0.05) is 30.7 Å². The van der Waals surface area contributed by atoms with E-state index in [1.807, 2.05) is 19.1 Å². The van der Waals surface area contributed by atoms with Gasteiger partial charge in [0, 0.05) is 12.1 Å². The van der Waals surface area contributed by atoms with Crippen LogP contribution in [0.5, 0.6) is 0 Å². The van der Waals surface area contributed by atoms with Crippen LogP contribution in [-0.2, 0) is 20.7 Å². The first-order chi connectivity index (χ1) is 12.0. The molecule has 0 fully saturated rings. The van der Waals surface area contributed by atoms with Gasteiger partial charge in [0.2, 0.25) is 0 Å². The number of amides is 1. The molecule has 2 rings (SSSR count). The zero-order valence-corrected chi connectivity index (χ0v) is 15.3. The van der Waals surface area contributed by atoms with Crippen molar-refractivity contribution < 1.29 is 19.1 Å². The zero-order valence-electron chi connectivity index (χ0n) is 13.7. The van der Waals surface area contributed by atoms with Crippen molar-refractivity contribution in [2.45, 2.75) is 26.2 Å². The second kappa shape index (κ2) is 9.34. The molecular formula is C18H18ClNO4S. The molecule has 5 nitrogen and oxygen atoms in total. The van der Waals surface area contributed by atoms with Gasteiger partial charge in [0.05, 0.1) is 15.6 Å². The maximum absolute atomic E-state index is 11.9. The van der Waals surface area contributed by atoms with Gasteiger partial charge >= 0.3 is 5.97 Å². The molecule has 0 saturated heterocycles. The molecule has 0 aliphatic heterocycles. The van der Waals surface area contributed by atoms with Crippen molar-refractivity contribution in [1.82, 2.24) is 0 Å². The summed E-state index contributed by atoms with van der Waals surface area (Å²) < 4.78 is 5.41. The molecule has 2 aromatic rings. The second-order valence-corrected chi connectivity index (χ2v) is 7.00. The monoisotopic (exact) mass is 379 g/mol. The molecule has 0 aliphatic carbocycles. The Morgan fingerprint density at radius 1 is 1.08 bits per heavy atom. The molecule has 0 aliphatic rings. The number of carbonyl (C=O) groups excluding carboxylic acids is 3. The maximum Gasteiger partial charge on any atom is 0.306 e. The molecule has 1 heterocycles. The highest BCUT2D eigenvalue weighted by molar-refractivity contribution is 7.18. The minimum atomic E-state index is -0.590. The fourth-order valence-electron chi connectivity index (χ4n) is 2.04. The molecule has 1 aromatic carbocycles. The predicted molar refractivity (Wildman–Crippen MR) is 98.3 cm³/mol. The first kappa shape index (κ1) is 19.1. The van der Waals surface area contributed by atoms with Crippen LogP contribution in [0, 0.1) is 0 Å². The molecule has 1 N–H and O–H groups in total. The van der Waals surface area contributed by atoms with Crippen molar-refractivity contribution in [3.63, 3.8) is 0 Å². The molecule has 0 atom stereocenters. The third-order valence-corrected chi connectivity index (χ3v) is 4.69. The van der Waals surface area contributed by atoms with Crippen LogP contribution >= 0.6 is 22.9 Å². The lowest BCUT2D eigenvalue weighted by Gasteiger charge is -2.07. The van der Waals surface area contributed by atoms with Crippen LogP contribution in [0.15, 0.2) is 36.4 Å². The predicted octanol–water partition coefficient (Wildman–Crippen LogP) is 4.11. The fourth-order valence-corrected chi connectivity index (χ4v) is 3.05. The van der Waals surface area contributed by atoms with Crippen LogP contribution in [-0.4, -0.2) is 24.3 Å². The lowest BCUT2D eigenvalue weighted by Crippen LogP contribution is -2.21. The zero-order chi connectivity index (χ0) is 18.2. The second-order valence-electron chi connectivity index (χ2n) is 5.29. The van der Waals surface area contributed by atoms with Gasteiger partial charge in [-0.15, -0.1) is 11.3 Å². The molecule has 0 saturated carbocycles. The number of esters is 1. The number of ether oxygens (including phenoxy) is 1. The van der Waals surface area contributed by atoms with E-state index in [1.165, 1.54) is 16.9 Å². The van der Waals surface area contributed by atoms with E-state index in [2.05, 4.69) is 5.32 Å². The summed E-state index contributed by atoms with van der Waals surface area (Å²) in [4.78, 5) is 35.8. The summed E-state index contributed by atoms with van der Waals surface area (Å²) in [7, 11) is 0. The topological polar surface area (TPSA) is 72.5 Å². The number of aryl methyl sites for hydroxylation is 1. The standard InChI is InChI=1S/C18H18ClNO4S/c1-2-12-3-5-13(6-4-12)20-17(22)11-24-18(23)10-7-14(21)15-8-9-16(19)25-15/h3-6,8-9H,2,7,10-11H2,1H3,(H,20,22). The van der Waals surface area contributed by atoms with Crippen molar-refractivity contribution in [3.8, 4) is 0 Å². The number of hydrogen-bond acceptors (Lipinski definition) is 5. The Morgan fingerprint density at radius 3 is 2.40 bits per heavy atom. The molecule has 0 bridgehead atoms. The number of hydrogen-bond donors (Lipinski definition) is 1. The lowest BCUT2D eigenvalue weighted by atomic mass is 10.1. The normalized spacial score (nSPS) is 10.3. The van der Waals surface area contributed by atoms with Gasteiger partial charge in [-0.25, -0.2) is 0 Å². The Kier molecular flexibility index (Phi) is 7.16. The third kappa shape index (κ3) is 6.32. The molecule has 7 heteroatoms. The minimum Gasteiger partial charge on any atom is -0.456 e. The number of rotatable bonds is 8. The number of anilines is 1. The number of carbonyl (C=O) groups is 3. The molecule has 0 unspecified atom stereocenters. The van der Waals surface area contributed by atoms with Gasteiger partial charge in [-0.05, 0) is 36.2 Å². The van der Waals surface area contributed by atoms with Crippen molar-refractivity contribution in [2.75, 3.05) is 11.9 Å². The average Bonchev–Trinajstić information content (AvgIpc) is 3.05. The van der Waals surface area contributed by atoms with Crippen molar-refractivity contribution in [3.05, 3.63) is 51.2 Å². The molecule has 1 amide bonds. The molecule has 0 radical (unpaired) electrons. The van der Waals surface area contributed by atoms with Gasteiger partial charge < -0.3 is 10.1 Å². The number of nitrogens with one attached hydrogen (secondary N) is 1. The van der Waals surface area contributed by atoms with E-state index in [1.54, 1.807) is 24.3 Å². The average molecular weight is 380 g/mol. The Morgan fingerprint density at radius 2 is 1.80 bits per heavy atom. The third-order valence-electron chi connectivity index (χ3n) is 3.41. The summed E-state index contributed by atoms with van der Waals surface area (Å²) in [6.07, 6.45) is 0.866. The summed E-state index contributed by atoms with van der Waals surface area (Å²) in [6.45, 7) is 1.66. The van der Waals surface area contributed by atoms with Crippen LogP contribution in [0.2, 0.25) is 4.34 Å². The number of thiophene rings is 1. The highest BCUT2D eigenvalue weighted by Gasteiger charge is 2.13. The quantitative estimate of drug-likeness (QED) is 0.553. The van der Waals surface area contributed by atoms with Crippen molar-refractivity contribution in [2.24, 2.45) is 0 Å². The number of benzene rings is 1. The van der Waals surface area contributed by atoms with E-state index in [4.69, 9.17) is 16.3 Å². The van der Waals surface area contributed by atoms with E-state index < -0.39 is 11.9 Å². The largest absolute Gasteiger partial charge is 0.456 e. The molecule has 25 heavy (non-hydrogen) atoms. The SMILES string of the molecule is CCc1ccc(NC(=O)COC(=O)CCC(=O)c2ccc(Cl)s2)cc1. The summed E-state index contributed by atoms with van der Waals surface area (Å²) in [5, 5.41) is 2.65. The van der Waals surface area contributed by atoms with Crippen LogP contribution in [0.25, 0.3) is 0 Å². The molecular weight excluding hydrogens is 362 g/mol.